The van der Waals surface area contributed by atoms with Crippen molar-refractivity contribution in [2.75, 3.05) is 0 Å². The molecule has 0 atom stereocenters. The average molecular weight is 391 g/mol. The summed E-state index contributed by atoms with van der Waals surface area (Å²) in [6.07, 6.45) is -4.51. The Hall–Kier alpha value is -1.58. The molecule has 126 valence electrons. The van der Waals surface area contributed by atoms with Crippen molar-refractivity contribution >= 4 is 34.7 Å². The molecular weight excluding hydrogens is 381 g/mol. The first kappa shape index (κ1) is 17.2. The summed E-state index contributed by atoms with van der Waals surface area (Å²) in [6.45, 7) is 0. The molecule has 10 heteroatoms. The second-order valence-electron chi connectivity index (χ2n) is 4.80. The molecule has 24 heavy (non-hydrogen) atoms. The highest BCUT2D eigenvalue weighted by Crippen LogP contribution is 2.31. The fourth-order valence-corrected chi connectivity index (χ4v) is 3.79. The minimum absolute atomic E-state index is 0.198. The maximum absolute atomic E-state index is 12.7. The van der Waals surface area contributed by atoms with E-state index in [9.17, 15) is 13.2 Å². The molecule has 0 bridgehead atoms. The van der Waals surface area contributed by atoms with Crippen LogP contribution < -0.4 is 0 Å². The third kappa shape index (κ3) is 3.73. The van der Waals surface area contributed by atoms with Gasteiger partial charge in [0.1, 0.15) is 5.01 Å². The van der Waals surface area contributed by atoms with Crippen molar-refractivity contribution < 1.29 is 13.2 Å². The predicted octanol–water partition coefficient (Wildman–Crippen LogP) is 4.90. The maximum Gasteiger partial charge on any atom is 0.451 e. The molecular formula is C14H10ClF3N4S2. The molecule has 0 saturated heterocycles. The van der Waals surface area contributed by atoms with E-state index in [0.717, 1.165) is 32.6 Å². The molecule has 3 rings (SSSR count). The lowest BCUT2D eigenvalue weighted by Gasteiger charge is -2.05. The largest absolute Gasteiger partial charge is 0.451 e. The van der Waals surface area contributed by atoms with Gasteiger partial charge in [-0.25, -0.2) is 4.98 Å². The lowest BCUT2D eigenvalue weighted by molar-refractivity contribution is -0.147. The van der Waals surface area contributed by atoms with Gasteiger partial charge in [-0.15, -0.1) is 21.5 Å². The summed E-state index contributed by atoms with van der Waals surface area (Å²) in [7, 11) is 1.30. The summed E-state index contributed by atoms with van der Waals surface area (Å²) in [5.41, 5.74) is 1.71. The Kier molecular flexibility index (Phi) is 4.84. The van der Waals surface area contributed by atoms with Crippen LogP contribution in [0.4, 0.5) is 13.2 Å². The van der Waals surface area contributed by atoms with E-state index < -0.39 is 12.0 Å². The molecule has 0 amide bonds. The van der Waals surface area contributed by atoms with Gasteiger partial charge in [0.05, 0.1) is 5.69 Å². The minimum atomic E-state index is -4.51. The first-order valence-electron chi connectivity index (χ1n) is 6.64. The summed E-state index contributed by atoms with van der Waals surface area (Å²) in [5, 5.41) is 10.3. The van der Waals surface area contributed by atoms with E-state index in [1.807, 2.05) is 17.5 Å². The molecule has 0 spiro atoms. The van der Waals surface area contributed by atoms with Gasteiger partial charge in [-0.2, -0.15) is 13.2 Å². The fourth-order valence-electron chi connectivity index (χ4n) is 1.92. The van der Waals surface area contributed by atoms with E-state index in [0.29, 0.717) is 10.8 Å². The standard InChI is InChI=1S/C14H10ClF3N4S2/c1-22-12(14(16,17)18)20-21-13(22)24-7-10-6-23-11(19-10)8-2-4-9(15)5-3-8/h2-6H,7H2,1H3. The number of hydrogen-bond donors (Lipinski definition) is 0. The van der Waals surface area contributed by atoms with Crippen LogP contribution in [0, 0.1) is 0 Å². The lowest BCUT2D eigenvalue weighted by Crippen LogP contribution is -2.12. The van der Waals surface area contributed by atoms with Gasteiger partial charge in [0.15, 0.2) is 5.16 Å². The molecule has 4 nitrogen and oxygen atoms in total. The molecule has 0 saturated carbocycles. The van der Waals surface area contributed by atoms with Crippen LogP contribution in [0.15, 0.2) is 34.8 Å². The molecule has 0 unspecified atom stereocenters. The molecule has 2 heterocycles. The van der Waals surface area contributed by atoms with E-state index in [-0.39, 0.29) is 5.16 Å². The smallest absolute Gasteiger partial charge is 0.302 e. The maximum atomic E-state index is 12.7. The van der Waals surface area contributed by atoms with E-state index in [1.165, 1.54) is 18.4 Å². The van der Waals surface area contributed by atoms with Gasteiger partial charge in [0.2, 0.25) is 5.82 Å². The van der Waals surface area contributed by atoms with Crippen LogP contribution in [0.1, 0.15) is 11.5 Å². The van der Waals surface area contributed by atoms with Crippen LogP contribution in [0.2, 0.25) is 5.02 Å². The average Bonchev–Trinajstić information content (AvgIpc) is 3.12. The van der Waals surface area contributed by atoms with Gasteiger partial charge >= 0.3 is 6.18 Å². The highest BCUT2D eigenvalue weighted by Gasteiger charge is 2.37. The highest BCUT2D eigenvalue weighted by atomic mass is 35.5. The van der Waals surface area contributed by atoms with Crippen molar-refractivity contribution in [3.63, 3.8) is 0 Å². The second kappa shape index (κ2) is 6.73. The zero-order valence-electron chi connectivity index (χ0n) is 12.2. The molecule has 0 aliphatic carbocycles. The number of hydrogen-bond acceptors (Lipinski definition) is 5. The van der Waals surface area contributed by atoms with E-state index >= 15 is 0 Å². The van der Waals surface area contributed by atoms with E-state index in [1.54, 1.807) is 12.1 Å². The van der Waals surface area contributed by atoms with Crippen LogP contribution >= 0.6 is 34.7 Å². The minimum Gasteiger partial charge on any atom is -0.302 e. The highest BCUT2D eigenvalue weighted by molar-refractivity contribution is 7.98. The Morgan fingerprint density at radius 2 is 1.92 bits per heavy atom. The third-order valence-electron chi connectivity index (χ3n) is 3.08. The van der Waals surface area contributed by atoms with E-state index in [4.69, 9.17) is 11.6 Å². The number of aromatic nitrogens is 4. The molecule has 0 radical (unpaired) electrons. The molecule has 0 aliphatic rings. The van der Waals surface area contributed by atoms with Crippen LogP contribution in [0.25, 0.3) is 10.6 Å². The predicted molar refractivity (Wildman–Crippen MR) is 88.1 cm³/mol. The lowest BCUT2D eigenvalue weighted by atomic mass is 10.2. The van der Waals surface area contributed by atoms with Gasteiger partial charge in [-0.3, -0.25) is 0 Å². The number of alkyl halides is 3. The summed E-state index contributed by atoms with van der Waals surface area (Å²) in [5.74, 6) is -0.599. The summed E-state index contributed by atoms with van der Waals surface area (Å²) in [4.78, 5) is 4.49. The quantitative estimate of drug-likeness (QED) is 0.594. The number of thioether (sulfide) groups is 1. The Morgan fingerprint density at radius 1 is 1.21 bits per heavy atom. The Labute approximate surface area is 148 Å². The fraction of sp³-hybridized carbons (Fsp3) is 0.214. The number of halogens is 4. The van der Waals surface area contributed by atoms with Crippen molar-refractivity contribution in [1.29, 1.82) is 0 Å². The Balaban J connectivity index is 1.70. The van der Waals surface area contributed by atoms with E-state index in [2.05, 4.69) is 15.2 Å². The van der Waals surface area contributed by atoms with Gasteiger partial charge < -0.3 is 4.57 Å². The third-order valence-corrected chi connectivity index (χ3v) is 5.33. The van der Waals surface area contributed by atoms with Gasteiger partial charge in [0.25, 0.3) is 0 Å². The summed E-state index contributed by atoms with van der Waals surface area (Å²) >= 11 is 8.48. The SMILES string of the molecule is Cn1c(SCc2csc(-c3ccc(Cl)cc3)n2)nnc1C(F)(F)F. The summed E-state index contributed by atoms with van der Waals surface area (Å²) < 4.78 is 39.0. The van der Waals surface area contributed by atoms with Crippen molar-refractivity contribution in [2.24, 2.45) is 7.05 Å². The van der Waals surface area contributed by atoms with Crippen molar-refractivity contribution in [3.05, 3.63) is 46.2 Å². The summed E-state index contributed by atoms with van der Waals surface area (Å²) in [6, 6.07) is 7.31. The number of nitrogens with zero attached hydrogens (tertiary/aromatic N) is 4. The van der Waals surface area contributed by atoms with Gasteiger partial charge in [0, 0.05) is 28.8 Å². The second-order valence-corrected chi connectivity index (χ2v) is 7.04. The zero-order chi connectivity index (χ0) is 17.3. The molecule has 1 aromatic carbocycles. The van der Waals surface area contributed by atoms with Crippen molar-refractivity contribution in [3.8, 4) is 10.6 Å². The van der Waals surface area contributed by atoms with Crippen LogP contribution in [0.3, 0.4) is 0 Å². The molecule has 2 aromatic heterocycles. The normalized spacial score (nSPS) is 11.9. The van der Waals surface area contributed by atoms with Crippen molar-refractivity contribution in [1.82, 2.24) is 19.7 Å². The molecule has 0 N–H and O–H groups in total. The topological polar surface area (TPSA) is 43.6 Å². The zero-order valence-corrected chi connectivity index (χ0v) is 14.6. The molecule has 0 fully saturated rings. The first-order chi connectivity index (χ1) is 11.3. The van der Waals surface area contributed by atoms with Crippen molar-refractivity contribution in [2.45, 2.75) is 17.1 Å². The van der Waals surface area contributed by atoms with Crippen LogP contribution in [-0.4, -0.2) is 19.7 Å². The number of rotatable bonds is 4. The molecule has 0 aliphatic heterocycles. The van der Waals surface area contributed by atoms with Gasteiger partial charge in [-0.1, -0.05) is 35.5 Å². The van der Waals surface area contributed by atoms with Crippen LogP contribution in [-0.2, 0) is 19.0 Å². The number of benzene rings is 1. The Morgan fingerprint density at radius 3 is 2.54 bits per heavy atom. The molecule has 3 aromatic rings. The monoisotopic (exact) mass is 390 g/mol. The Bertz CT molecular complexity index is 843. The first-order valence-corrected chi connectivity index (χ1v) is 8.88. The van der Waals surface area contributed by atoms with Crippen LogP contribution in [0.5, 0.6) is 0 Å². The number of thiazole rings is 1. The van der Waals surface area contributed by atoms with Gasteiger partial charge in [-0.05, 0) is 12.1 Å².